The Balaban J connectivity index is 1.91. The topological polar surface area (TPSA) is 75.2 Å². The molecule has 1 aromatic rings. The number of nitrogens with one attached hydrogen (secondary N) is 1. The lowest BCUT2D eigenvalue weighted by Crippen LogP contribution is -2.31. The van der Waals surface area contributed by atoms with Crippen LogP contribution in [0.1, 0.15) is 20.3 Å². The molecule has 1 saturated heterocycles. The molecule has 0 saturated carbocycles. The zero-order chi connectivity index (χ0) is 13.1. The summed E-state index contributed by atoms with van der Waals surface area (Å²) in [5.74, 6) is 0.0477. The van der Waals surface area contributed by atoms with Crippen molar-refractivity contribution in [2.75, 3.05) is 18.4 Å². The molecule has 1 aliphatic heterocycles. The maximum Gasteiger partial charge on any atom is 0.231 e. The molecule has 6 nitrogen and oxygen atoms in total. The van der Waals surface area contributed by atoms with Gasteiger partial charge in [-0.2, -0.15) is 0 Å². The first kappa shape index (κ1) is 12.9. The quantitative estimate of drug-likeness (QED) is 0.883. The highest BCUT2D eigenvalue weighted by molar-refractivity contribution is 7.13. The Morgan fingerprint density at radius 1 is 1.67 bits per heavy atom. The Kier molecular flexibility index (Phi) is 3.90. The molecule has 0 bridgehead atoms. The van der Waals surface area contributed by atoms with Crippen LogP contribution in [-0.4, -0.2) is 40.0 Å². The Morgan fingerprint density at radius 3 is 3.06 bits per heavy atom. The smallest absolute Gasteiger partial charge is 0.231 e. The van der Waals surface area contributed by atoms with Crippen LogP contribution >= 0.6 is 11.3 Å². The maximum atomic E-state index is 11.9. The minimum Gasteiger partial charge on any atom is -0.342 e. The number of aromatic nitrogens is 2. The lowest BCUT2D eigenvalue weighted by atomic mass is 10.1. The first-order valence-corrected chi connectivity index (χ1v) is 6.79. The fourth-order valence-corrected chi connectivity index (χ4v) is 2.45. The molecule has 0 aliphatic carbocycles. The largest absolute Gasteiger partial charge is 0.342 e. The molecule has 1 N–H and O–H groups in total. The number of amides is 2. The predicted molar refractivity (Wildman–Crippen MR) is 68.1 cm³/mol. The molecule has 7 heteroatoms. The molecule has 1 aliphatic rings. The number of carbonyl (C=O) groups is 2. The predicted octanol–water partition coefficient (Wildman–Crippen LogP) is 0.981. The van der Waals surface area contributed by atoms with E-state index < -0.39 is 0 Å². The van der Waals surface area contributed by atoms with E-state index in [0.29, 0.717) is 24.1 Å². The van der Waals surface area contributed by atoms with Crippen LogP contribution in [0.3, 0.4) is 0 Å². The molecule has 2 rings (SSSR count). The molecule has 1 aromatic heterocycles. The van der Waals surface area contributed by atoms with Crippen LogP contribution in [0.25, 0.3) is 0 Å². The second-order valence-electron chi connectivity index (χ2n) is 4.83. The van der Waals surface area contributed by atoms with E-state index in [1.165, 1.54) is 11.3 Å². The summed E-state index contributed by atoms with van der Waals surface area (Å²) in [5.41, 5.74) is 1.56. The standard InChI is InChI=1S/C11H16N4O2S/c1-7(2)4-15-5-8(3-9(15)16)10(17)13-11-14-12-6-18-11/h6-8H,3-5H2,1-2H3,(H,13,14,17)/t8-/m1/s1. The van der Waals surface area contributed by atoms with Crippen molar-refractivity contribution in [2.45, 2.75) is 20.3 Å². The van der Waals surface area contributed by atoms with Crippen LogP contribution in [0, 0.1) is 11.8 Å². The van der Waals surface area contributed by atoms with Gasteiger partial charge in [-0.15, -0.1) is 10.2 Å². The fraction of sp³-hybridized carbons (Fsp3) is 0.636. The SMILES string of the molecule is CC(C)CN1C[C@H](C(=O)Nc2nncs2)CC1=O. The van der Waals surface area contributed by atoms with E-state index in [9.17, 15) is 9.59 Å². The van der Waals surface area contributed by atoms with E-state index in [1.807, 2.05) is 0 Å². The number of carbonyl (C=O) groups excluding carboxylic acids is 2. The maximum absolute atomic E-state index is 11.9. The average Bonchev–Trinajstić information content (AvgIpc) is 2.89. The molecule has 2 heterocycles. The highest BCUT2D eigenvalue weighted by atomic mass is 32.1. The van der Waals surface area contributed by atoms with E-state index >= 15 is 0 Å². The van der Waals surface area contributed by atoms with Crippen LogP contribution in [0.15, 0.2) is 5.51 Å². The van der Waals surface area contributed by atoms with Crippen molar-refractivity contribution in [1.82, 2.24) is 15.1 Å². The fourth-order valence-electron chi connectivity index (χ4n) is 2.00. The van der Waals surface area contributed by atoms with Crippen molar-refractivity contribution < 1.29 is 9.59 Å². The van der Waals surface area contributed by atoms with Gasteiger partial charge in [0.05, 0.1) is 5.92 Å². The molecule has 2 amide bonds. The van der Waals surface area contributed by atoms with Crippen LogP contribution < -0.4 is 5.32 Å². The minimum absolute atomic E-state index is 0.0566. The summed E-state index contributed by atoms with van der Waals surface area (Å²) in [7, 11) is 0. The lowest BCUT2D eigenvalue weighted by Gasteiger charge is -2.18. The molecule has 18 heavy (non-hydrogen) atoms. The molecule has 0 aromatic carbocycles. The van der Waals surface area contributed by atoms with Crippen LogP contribution in [0.4, 0.5) is 5.13 Å². The van der Waals surface area contributed by atoms with Crippen molar-refractivity contribution in [3.05, 3.63) is 5.51 Å². The van der Waals surface area contributed by atoms with E-state index in [-0.39, 0.29) is 24.2 Å². The molecular formula is C11H16N4O2S. The third-order valence-corrected chi connectivity index (χ3v) is 3.37. The second kappa shape index (κ2) is 5.43. The Labute approximate surface area is 109 Å². The lowest BCUT2D eigenvalue weighted by molar-refractivity contribution is -0.128. The number of anilines is 1. The minimum atomic E-state index is -0.278. The van der Waals surface area contributed by atoms with Gasteiger partial charge in [0.2, 0.25) is 16.9 Å². The Hall–Kier alpha value is -1.50. The molecule has 0 spiro atoms. The summed E-state index contributed by atoms with van der Waals surface area (Å²) < 4.78 is 0. The molecule has 98 valence electrons. The van der Waals surface area contributed by atoms with Gasteiger partial charge in [-0.05, 0) is 5.92 Å². The zero-order valence-corrected chi connectivity index (χ0v) is 11.2. The average molecular weight is 268 g/mol. The number of rotatable bonds is 4. The van der Waals surface area contributed by atoms with E-state index in [0.717, 1.165) is 0 Å². The van der Waals surface area contributed by atoms with Gasteiger partial charge in [0.1, 0.15) is 5.51 Å². The van der Waals surface area contributed by atoms with Gasteiger partial charge >= 0.3 is 0 Å². The number of likely N-dealkylation sites (tertiary alicyclic amines) is 1. The van der Waals surface area contributed by atoms with Gasteiger partial charge in [0.15, 0.2) is 0 Å². The van der Waals surface area contributed by atoms with Gasteiger partial charge in [-0.25, -0.2) is 0 Å². The van der Waals surface area contributed by atoms with Gasteiger partial charge < -0.3 is 10.2 Å². The number of nitrogens with zero attached hydrogens (tertiary/aromatic N) is 3. The van der Waals surface area contributed by atoms with Gasteiger partial charge in [-0.1, -0.05) is 25.2 Å². The zero-order valence-electron chi connectivity index (χ0n) is 10.4. The molecule has 0 unspecified atom stereocenters. The van der Waals surface area contributed by atoms with Gasteiger partial charge in [0.25, 0.3) is 0 Å². The summed E-state index contributed by atoms with van der Waals surface area (Å²) in [6, 6.07) is 0. The van der Waals surface area contributed by atoms with Crippen molar-refractivity contribution in [2.24, 2.45) is 11.8 Å². The molecule has 1 fully saturated rings. The van der Waals surface area contributed by atoms with Crippen LogP contribution in [0.2, 0.25) is 0 Å². The number of hydrogen-bond acceptors (Lipinski definition) is 5. The highest BCUT2D eigenvalue weighted by Gasteiger charge is 2.34. The third-order valence-electron chi connectivity index (χ3n) is 2.76. The molecular weight excluding hydrogens is 252 g/mol. The van der Waals surface area contributed by atoms with Crippen LogP contribution in [-0.2, 0) is 9.59 Å². The summed E-state index contributed by atoms with van der Waals surface area (Å²) in [6.45, 7) is 5.33. The summed E-state index contributed by atoms with van der Waals surface area (Å²) in [5, 5.41) is 10.6. The van der Waals surface area contributed by atoms with Crippen LogP contribution in [0.5, 0.6) is 0 Å². The summed E-state index contributed by atoms with van der Waals surface area (Å²) >= 11 is 1.27. The van der Waals surface area contributed by atoms with Crippen molar-refractivity contribution in [1.29, 1.82) is 0 Å². The second-order valence-corrected chi connectivity index (χ2v) is 5.66. The Bertz CT molecular complexity index is 432. The van der Waals surface area contributed by atoms with Gasteiger partial charge in [-0.3, -0.25) is 9.59 Å². The van der Waals surface area contributed by atoms with Gasteiger partial charge in [0, 0.05) is 19.5 Å². The first-order valence-electron chi connectivity index (χ1n) is 5.91. The normalized spacial score (nSPS) is 19.6. The summed E-state index contributed by atoms with van der Waals surface area (Å²) in [6.07, 6.45) is 0.289. The first-order chi connectivity index (χ1) is 8.56. The van der Waals surface area contributed by atoms with Crippen molar-refractivity contribution in [3.8, 4) is 0 Å². The molecule has 1 atom stereocenters. The van der Waals surface area contributed by atoms with Crippen molar-refractivity contribution >= 4 is 28.3 Å². The van der Waals surface area contributed by atoms with Crippen molar-refractivity contribution in [3.63, 3.8) is 0 Å². The third kappa shape index (κ3) is 3.04. The van der Waals surface area contributed by atoms with E-state index in [2.05, 4.69) is 29.4 Å². The highest BCUT2D eigenvalue weighted by Crippen LogP contribution is 2.21. The summed E-state index contributed by atoms with van der Waals surface area (Å²) in [4.78, 5) is 25.4. The van der Waals surface area contributed by atoms with E-state index in [4.69, 9.17) is 0 Å². The monoisotopic (exact) mass is 268 g/mol. The molecule has 0 radical (unpaired) electrons. The number of hydrogen-bond donors (Lipinski definition) is 1. The Morgan fingerprint density at radius 2 is 2.44 bits per heavy atom. The van der Waals surface area contributed by atoms with E-state index in [1.54, 1.807) is 10.4 Å².